The molecular weight excluding hydrogens is 234 g/mol. The average Bonchev–Trinajstić information content (AvgIpc) is 2.27. The summed E-state index contributed by atoms with van der Waals surface area (Å²) < 4.78 is 0. The van der Waals surface area contributed by atoms with Crippen LogP contribution in [0, 0.1) is 13.8 Å². The molecule has 1 aromatic rings. The number of aromatic nitrogens is 1. The van der Waals surface area contributed by atoms with Gasteiger partial charge in [0.25, 0.3) is 0 Å². The molecule has 0 radical (unpaired) electrons. The van der Waals surface area contributed by atoms with Crippen molar-refractivity contribution in [1.82, 2.24) is 4.98 Å². The molecule has 1 rings (SSSR count). The Morgan fingerprint density at radius 2 is 1.38 bits per heavy atom. The van der Waals surface area contributed by atoms with Crippen molar-refractivity contribution in [3.05, 3.63) is 28.6 Å². The van der Waals surface area contributed by atoms with Gasteiger partial charge in [0.05, 0.1) is 0 Å². The average molecular weight is 251 g/mol. The lowest BCUT2D eigenvalue weighted by Gasteiger charge is -2.11. The van der Waals surface area contributed by atoms with Crippen molar-refractivity contribution in [2.75, 3.05) is 0 Å². The van der Waals surface area contributed by atoms with Gasteiger partial charge in [-0.1, -0.05) is 38.3 Å². The first-order valence-electron chi connectivity index (χ1n) is 5.55. The van der Waals surface area contributed by atoms with Gasteiger partial charge in [-0.15, -0.1) is 0 Å². The second kappa shape index (κ2) is 5.60. The van der Waals surface area contributed by atoms with Gasteiger partial charge in [-0.05, 0) is 32.8 Å². The number of thiocarbonyl (C=S) groups is 2. The van der Waals surface area contributed by atoms with Crippen molar-refractivity contribution >= 4 is 34.2 Å². The van der Waals surface area contributed by atoms with Gasteiger partial charge < -0.3 is 0 Å². The summed E-state index contributed by atoms with van der Waals surface area (Å²) in [7, 11) is 0. The Bertz CT molecular complexity index is 399. The summed E-state index contributed by atoms with van der Waals surface area (Å²) >= 11 is 10.7. The Morgan fingerprint density at radius 1 is 1.00 bits per heavy atom. The van der Waals surface area contributed by atoms with Crippen LogP contribution in [-0.2, 0) is 0 Å². The Morgan fingerprint density at radius 3 is 1.69 bits per heavy atom. The first-order valence-corrected chi connectivity index (χ1v) is 6.37. The van der Waals surface area contributed by atoms with Crippen LogP contribution in [0.3, 0.4) is 0 Å². The summed E-state index contributed by atoms with van der Waals surface area (Å²) in [6, 6.07) is 2.11. The maximum Gasteiger partial charge on any atom is 0.0459 e. The highest BCUT2D eigenvalue weighted by Crippen LogP contribution is 2.17. The Balaban J connectivity index is 3.32. The maximum atomic E-state index is 5.35. The summed E-state index contributed by atoms with van der Waals surface area (Å²) in [6.45, 7) is 8.14. The van der Waals surface area contributed by atoms with E-state index in [0.717, 1.165) is 45.1 Å². The number of rotatable bonds is 4. The maximum absolute atomic E-state index is 5.35. The number of hydrogen-bond acceptors (Lipinski definition) is 3. The van der Waals surface area contributed by atoms with E-state index in [1.165, 1.54) is 0 Å². The predicted molar refractivity (Wildman–Crippen MR) is 77.7 cm³/mol. The zero-order valence-corrected chi connectivity index (χ0v) is 11.9. The van der Waals surface area contributed by atoms with E-state index in [1.54, 1.807) is 0 Å². The lowest BCUT2D eigenvalue weighted by Crippen LogP contribution is -2.08. The third-order valence-electron chi connectivity index (χ3n) is 2.65. The highest BCUT2D eigenvalue weighted by Gasteiger charge is 2.11. The van der Waals surface area contributed by atoms with Crippen LogP contribution in [0.25, 0.3) is 0 Å². The van der Waals surface area contributed by atoms with E-state index in [2.05, 4.69) is 24.9 Å². The Kier molecular flexibility index (Phi) is 4.69. The first-order chi connectivity index (χ1) is 7.51. The van der Waals surface area contributed by atoms with E-state index in [4.69, 9.17) is 24.4 Å². The fourth-order valence-electron chi connectivity index (χ4n) is 1.67. The molecule has 0 saturated heterocycles. The molecule has 0 aliphatic carbocycles. The molecule has 16 heavy (non-hydrogen) atoms. The minimum absolute atomic E-state index is 0.874. The molecule has 0 fully saturated rings. The number of nitrogens with zero attached hydrogens (tertiary/aromatic N) is 1. The van der Waals surface area contributed by atoms with Gasteiger partial charge >= 0.3 is 0 Å². The van der Waals surface area contributed by atoms with Crippen LogP contribution in [0.4, 0.5) is 0 Å². The molecule has 0 N–H and O–H groups in total. The second-order valence-corrected chi connectivity index (χ2v) is 4.79. The molecule has 1 nitrogen and oxygen atoms in total. The van der Waals surface area contributed by atoms with Crippen molar-refractivity contribution in [2.45, 2.75) is 40.5 Å². The Labute approximate surface area is 108 Å². The summed E-state index contributed by atoms with van der Waals surface area (Å²) in [6.07, 6.45) is 1.75. The standard InChI is InChI=1S/C13H17NS2/c1-5-12(15)10-7-11(13(16)6-2)9(4)14-8(10)3/h7H,5-6H2,1-4H3. The lowest BCUT2D eigenvalue weighted by molar-refractivity contribution is 1.10. The molecule has 0 unspecified atom stereocenters. The molecule has 86 valence electrons. The third kappa shape index (κ3) is 2.71. The molecule has 1 heterocycles. The first kappa shape index (κ1) is 13.4. The van der Waals surface area contributed by atoms with Gasteiger partial charge in [0.1, 0.15) is 0 Å². The molecule has 0 bridgehead atoms. The van der Waals surface area contributed by atoms with Gasteiger partial charge in [-0.25, -0.2) is 0 Å². The molecule has 0 amide bonds. The van der Waals surface area contributed by atoms with Crippen LogP contribution in [0.15, 0.2) is 6.07 Å². The van der Waals surface area contributed by atoms with Gasteiger partial charge in [0, 0.05) is 32.2 Å². The third-order valence-corrected chi connectivity index (χ3v) is 3.66. The monoisotopic (exact) mass is 251 g/mol. The molecule has 0 aliphatic rings. The SMILES string of the molecule is CCC(=S)c1cc(C(=S)CC)c(C)nc1C. The highest BCUT2D eigenvalue weighted by atomic mass is 32.1. The fraction of sp³-hybridized carbons (Fsp3) is 0.462. The van der Waals surface area contributed by atoms with Crippen molar-refractivity contribution in [2.24, 2.45) is 0 Å². The lowest BCUT2D eigenvalue weighted by atomic mass is 10.0. The van der Waals surface area contributed by atoms with Crippen molar-refractivity contribution in [3.63, 3.8) is 0 Å². The molecule has 0 spiro atoms. The number of aryl methyl sites for hydroxylation is 2. The van der Waals surface area contributed by atoms with Crippen LogP contribution < -0.4 is 0 Å². The summed E-state index contributed by atoms with van der Waals surface area (Å²) in [5.74, 6) is 0. The van der Waals surface area contributed by atoms with Gasteiger partial charge in [-0.2, -0.15) is 0 Å². The highest BCUT2D eigenvalue weighted by molar-refractivity contribution is 7.81. The minimum atomic E-state index is 0.874. The van der Waals surface area contributed by atoms with E-state index in [-0.39, 0.29) is 0 Å². The minimum Gasteiger partial charge on any atom is -0.257 e. The molecule has 1 aromatic heterocycles. The molecule has 0 atom stereocenters. The molecule has 0 aliphatic heterocycles. The fourth-order valence-corrected chi connectivity index (χ4v) is 2.08. The van der Waals surface area contributed by atoms with E-state index in [0.29, 0.717) is 0 Å². The van der Waals surface area contributed by atoms with Crippen molar-refractivity contribution in [1.29, 1.82) is 0 Å². The van der Waals surface area contributed by atoms with E-state index in [9.17, 15) is 0 Å². The second-order valence-electron chi connectivity index (χ2n) is 3.81. The van der Waals surface area contributed by atoms with Crippen molar-refractivity contribution in [3.8, 4) is 0 Å². The predicted octanol–water partition coefficient (Wildman–Crippen LogP) is 3.95. The zero-order valence-electron chi connectivity index (χ0n) is 10.3. The van der Waals surface area contributed by atoms with E-state index < -0.39 is 0 Å². The number of pyridine rings is 1. The van der Waals surface area contributed by atoms with Gasteiger partial charge in [-0.3, -0.25) is 4.98 Å². The number of hydrogen-bond donors (Lipinski definition) is 0. The van der Waals surface area contributed by atoms with E-state index in [1.807, 2.05) is 13.8 Å². The summed E-state index contributed by atoms with van der Waals surface area (Å²) in [4.78, 5) is 6.46. The summed E-state index contributed by atoms with van der Waals surface area (Å²) in [5.41, 5.74) is 4.17. The van der Waals surface area contributed by atoms with Crippen LogP contribution in [-0.4, -0.2) is 14.7 Å². The van der Waals surface area contributed by atoms with Gasteiger partial charge in [0.2, 0.25) is 0 Å². The molecular formula is C13H17NS2. The van der Waals surface area contributed by atoms with E-state index >= 15 is 0 Å². The molecule has 3 heteroatoms. The largest absolute Gasteiger partial charge is 0.257 e. The normalized spacial score (nSPS) is 10.2. The van der Waals surface area contributed by atoms with Crippen LogP contribution in [0.2, 0.25) is 0 Å². The van der Waals surface area contributed by atoms with Crippen molar-refractivity contribution < 1.29 is 0 Å². The van der Waals surface area contributed by atoms with Gasteiger partial charge in [0.15, 0.2) is 0 Å². The quantitative estimate of drug-likeness (QED) is 0.594. The van der Waals surface area contributed by atoms with Crippen LogP contribution in [0.5, 0.6) is 0 Å². The Hall–Kier alpha value is -0.670. The van der Waals surface area contributed by atoms with Crippen LogP contribution >= 0.6 is 24.4 Å². The van der Waals surface area contributed by atoms with Crippen LogP contribution in [0.1, 0.15) is 49.2 Å². The summed E-state index contributed by atoms with van der Waals surface area (Å²) in [5, 5.41) is 0. The molecule has 0 aromatic carbocycles. The molecule has 0 saturated carbocycles. The topological polar surface area (TPSA) is 12.9 Å². The zero-order chi connectivity index (χ0) is 12.3. The smallest absolute Gasteiger partial charge is 0.0459 e.